The van der Waals surface area contributed by atoms with E-state index in [1.54, 1.807) is 0 Å². The molecule has 0 spiro atoms. The molecule has 0 unspecified atom stereocenters. The minimum atomic E-state index is -4.65. The van der Waals surface area contributed by atoms with Crippen molar-refractivity contribution in [1.29, 1.82) is 5.26 Å². The molecule has 0 bridgehead atoms. The molecule has 2 aromatic carbocycles. The van der Waals surface area contributed by atoms with Crippen molar-refractivity contribution in [2.75, 3.05) is 0 Å². The van der Waals surface area contributed by atoms with Crippen molar-refractivity contribution in [3.63, 3.8) is 0 Å². The highest BCUT2D eigenvalue weighted by Crippen LogP contribution is 2.38. The molecule has 1 nitrogen and oxygen atoms in total. The Morgan fingerprint density at radius 2 is 1.43 bits per heavy atom. The zero-order valence-corrected chi connectivity index (χ0v) is 11.5. The first kappa shape index (κ1) is 16.9. The van der Waals surface area contributed by atoms with Crippen molar-refractivity contribution in [2.24, 2.45) is 0 Å². The fourth-order valence-corrected chi connectivity index (χ4v) is 2.12. The quantitative estimate of drug-likeness (QED) is 0.671. The lowest BCUT2D eigenvalue weighted by molar-refractivity contribution is -0.138. The zero-order valence-electron chi connectivity index (χ0n) is 11.5. The van der Waals surface area contributed by atoms with Gasteiger partial charge in [0.25, 0.3) is 0 Å². The molecule has 2 aromatic rings. The summed E-state index contributed by atoms with van der Waals surface area (Å²) in [5.41, 5.74) is -1.79. The monoisotopic (exact) mass is 329 g/mol. The molecule has 0 amide bonds. The number of alkyl halides is 6. The number of hydrogen-bond acceptors (Lipinski definition) is 1. The van der Waals surface area contributed by atoms with Gasteiger partial charge >= 0.3 is 12.4 Å². The van der Waals surface area contributed by atoms with Crippen molar-refractivity contribution in [3.05, 3.63) is 59.2 Å². The predicted molar refractivity (Wildman–Crippen MR) is 71.2 cm³/mol. The molecule has 0 atom stereocenters. The molecule has 120 valence electrons. The van der Waals surface area contributed by atoms with Gasteiger partial charge in [0.1, 0.15) is 0 Å². The van der Waals surface area contributed by atoms with Gasteiger partial charge < -0.3 is 0 Å². The molecule has 0 saturated heterocycles. The van der Waals surface area contributed by atoms with Crippen LogP contribution in [0.15, 0.2) is 42.5 Å². The van der Waals surface area contributed by atoms with Crippen LogP contribution >= 0.6 is 0 Å². The maximum Gasteiger partial charge on any atom is 0.417 e. The maximum absolute atomic E-state index is 13.1. The Balaban J connectivity index is 2.56. The van der Waals surface area contributed by atoms with Crippen molar-refractivity contribution in [2.45, 2.75) is 18.8 Å². The largest absolute Gasteiger partial charge is 0.417 e. The average Bonchev–Trinajstić information content (AvgIpc) is 2.45. The van der Waals surface area contributed by atoms with Gasteiger partial charge in [0, 0.05) is 0 Å². The van der Waals surface area contributed by atoms with Gasteiger partial charge in [-0.2, -0.15) is 31.6 Å². The van der Waals surface area contributed by atoms with Crippen LogP contribution in [-0.4, -0.2) is 0 Å². The van der Waals surface area contributed by atoms with Crippen molar-refractivity contribution in [3.8, 4) is 17.2 Å². The van der Waals surface area contributed by atoms with Gasteiger partial charge in [0.2, 0.25) is 0 Å². The molecule has 0 fully saturated rings. The molecule has 0 aliphatic rings. The van der Waals surface area contributed by atoms with Crippen LogP contribution in [-0.2, 0) is 18.8 Å². The van der Waals surface area contributed by atoms with Crippen LogP contribution < -0.4 is 0 Å². The van der Waals surface area contributed by atoms with E-state index in [1.165, 1.54) is 12.1 Å². The number of benzene rings is 2. The summed E-state index contributed by atoms with van der Waals surface area (Å²) in [4.78, 5) is 0. The second-order valence-corrected chi connectivity index (χ2v) is 4.79. The topological polar surface area (TPSA) is 23.8 Å². The van der Waals surface area contributed by atoms with E-state index in [0.717, 1.165) is 30.3 Å². The highest BCUT2D eigenvalue weighted by molar-refractivity contribution is 5.69. The van der Waals surface area contributed by atoms with Gasteiger partial charge in [-0.3, -0.25) is 0 Å². The number of nitrogens with zero attached hydrogens (tertiary/aromatic N) is 1. The van der Waals surface area contributed by atoms with Crippen LogP contribution in [0.5, 0.6) is 0 Å². The lowest BCUT2D eigenvalue weighted by Gasteiger charge is -2.15. The Kier molecular flexibility index (Phi) is 4.37. The smallest absolute Gasteiger partial charge is 0.198 e. The number of nitriles is 1. The number of halogens is 6. The number of rotatable bonds is 2. The van der Waals surface area contributed by atoms with Crippen LogP contribution in [0.25, 0.3) is 11.1 Å². The van der Waals surface area contributed by atoms with Crippen molar-refractivity contribution >= 4 is 0 Å². The molecule has 2 rings (SSSR count). The fourth-order valence-electron chi connectivity index (χ4n) is 2.12. The Morgan fingerprint density at radius 1 is 0.826 bits per heavy atom. The minimum Gasteiger partial charge on any atom is -0.198 e. The molecule has 23 heavy (non-hydrogen) atoms. The third-order valence-corrected chi connectivity index (χ3v) is 3.20. The zero-order chi connectivity index (χ0) is 17.3. The molecule has 0 heterocycles. The highest BCUT2D eigenvalue weighted by atomic mass is 19.4. The molecule has 0 aromatic heterocycles. The first-order valence-corrected chi connectivity index (χ1v) is 6.37. The summed E-state index contributed by atoms with van der Waals surface area (Å²) in [6.45, 7) is 0. The van der Waals surface area contributed by atoms with Gasteiger partial charge in [-0.25, -0.2) is 0 Å². The predicted octanol–water partition coefficient (Wildman–Crippen LogP) is 5.46. The second-order valence-electron chi connectivity index (χ2n) is 4.79. The number of hydrogen-bond donors (Lipinski definition) is 0. The Labute approximate surface area is 127 Å². The van der Waals surface area contributed by atoms with E-state index >= 15 is 0 Å². The first-order valence-electron chi connectivity index (χ1n) is 6.37. The van der Waals surface area contributed by atoms with E-state index in [9.17, 15) is 26.3 Å². The molecule has 0 saturated carbocycles. The highest BCUT2D eigenvalue weighted by Gasteiger charge is 2.34. The summed E-state index contributed by atoms with van der Waals surface area (Å²) in [7, 11) is 0. The molecule has 0 aliphatic carbocycles. The van der Waals surface area contributed by atoms with Crippen molar-refractivity contribution in [1.82, 2.24) is 0 Å². The third kappa shape index (κ3) is 3.83. The fraction of sp³-hybridized carbons (Fsp3) is 0.188. The summed E-state index contributed by atoms with van der Waals surface area (Å²) in [6.07, 6.45) is -9.30. The molecular formula is C16H9F6N. The summed E-state index contributed by atoms with van der Waals surface area (Å²) in [6, 6.07) is 8.44. The van der Waals surface area contributed by atoms with Gasteiger partial charge in [-0.1, -0.05) is 18.2 Å². The summed E-state index contributed by atoms with van der Waals surface area (Å²) in [5, 5.41) is 8.64. The first-order chi connectivity index (χ1) is 10.6. The third-order valence-electron chi connectivity index (χ3n) is 3.20. The molecule has 7 heteroatoms. The van der Waals surface area contributed by atoms with E-state index in [1.807, 2.05) is 6.07 Å². The van der Waals surface area contributed by atoms with E-state index in [-0.39, 0.29) is 17.5 Å². The Morgan fingerprint density at radius 3 is 1.91 bits per heavy atom. The molecular weight excluding hydrogens is 320 g/mol. The summed E-state index contributed by atoms with van der Waals surface area (Å²) in [5.74, 6) is 0. The van der Waals surface area contributed by atoms with Gasteiger partial charge in [-0.15, -0.1) is 0 Å². The van der Waals surface area contributed by atoms with Gasteiger partial charge in [-0.05, 0) is 41.0 Å². The second kappa shape index (κ2) is 5.95. The normalized spacial score (nSPS) is 12.0. The van der Waals surface area contributed by atoms with E-state index < -0.39 is 23.5 Å². The average molecular weight is 329 g/mol. The van der Waals surface area contributed by atoms with Crippen LogP contribution in [0.3, 0.4) is 0 Å². The Bertz CT molecular complexity index is 735. The van der Waals surface area contributed by atoms with Gasteiger partial charge in [0.05, 0.1) is 23.6 Å². The van der Waals surface area contributed by atoms with E-state index in [0.29, 0.717) is 5.56 Å². The minimum absolute atomic E-state index is 0.00474. The lowest BCUT2D eigenvalue weighted by atomic mass is 9.95. The SMILES string of the molecule is N#CCc1ccc(C(F)(F)F)c(-c2ccc(C(F)(F)F)cc2)c1. The van der Waals surface area contributed by atoms with E-state index in [2.05, 4.69) is 0 Å². The maximum atomic E-state index is 13.1. The summed E-state index contributed by atoms with van der Waals surface area (Å²) < 4.78 is 76.8. The van der Waals surface area contributed by atoms with Crippen LogP contribution in [0, 0.1) is 11.3 Å². The Hall–Kier alpha value is -2.49. The van der Waals surface area contributed by atoms with Crippen molar-refractivity contribution < 1.29 is 26.3 Å². The van der Waals surface area contributed by atoms with Gasteiger partial charge in [0.15, 0.2) is 0 Å². The van der Waals surface area contributed by atoms with Crippen LogP contribution in [0.4, 0.5) is 26.3 Å². The lowest BCUT2D eigenvalue weighted by Crippen LogP contribution is -2.08. The van der Waals surface area contributed by atoms with Crippen LogP contribution in [0.2, 0.25) is 0 Å². The molecule has 0 radical (unpaired) electrons. The molecule has 0 aliphatic heterocycles. The molecule has 0 N–H and O–H groups in total. The summed E-state index contributed by atoms with van der Waals surface area (Å²) >= 11 is 0. The van der Waals surface area contributed by atoms with E-state index in [4.69, 9.17) is 5.26 Å². The van der Waals surface area contributed by atoms with Crippen LogP contribution in [0.1, 0.15) is 16.7 Å². The standard InChI is InChI=1S/C16H9F6N/c17-15(18,19)12-4-2-11(3-5-12)13-9-10(7-8-23)1-6-14(13)16(20,21)22/h1-6,9H,7H2.